The second kappa shape index (κ2) is 8.17. The molecule has 0 aromatic rings. The van der Waals surface area contributed by atoms with Crippen LogP contribution in [0.25, 0.3) is 0 Å². The van der Waals surface area contributed by atoms with E-state index in [4.69, 9.17) is 0 Å². The molecule has 0 saturated carbocycles. The molecule has 1 N–H and O–H groups in total. The molecule has 3 heteroatoms. The molecule has 0 amide bonds. The fraction of sp³-hybridized carbons (Fsp3) is 0.917. The highest BCUT2D eigenvalue weighted by atomic mass is 32.2. The Morgan fingerprint density at radius 2 is 2.27 bits per heavy atom. The summed E-state index contributed by atoms with van der Waals surface area (Å²) in [6.45, 7) is 3.27. The van der Waals surface area contributed by atoms with E-state index < -0.39 is 0 Å². The summed E-state index contributed by atoms with van der Waals surface area (Å²) in [5, 5.41) is 3.41. The van der Waals surface area contributed by atoms with Gasteiger partial charge in [0.2, 0.25) is 0 Å². The van der Waals surface area contributed by atoms with E-state index in [0.29, 0.717) is 11.8 Å². The second-order valence-electron chi connectivity index (χ2n) is 4.28. The predicted molar refractivity (Wildman–Crippen MR) is 67.5 cm³/mol. The van der Waals surface area contributed by atoms with Gasteiger partial charge in [0, 0.05) is 36.9 Å². The van der Waals surface area contributed by atoms with Crippen LogP contribution >= 0.6 is 11.8 Å². The van der Waals surface area contributed by atoms with Crippen LogP contribution in [0.2, 0.25) is 0 Å². The zero-order chi connectivity index (χ0) is 10.9. The van der Waals surface area contributed by atoms with Crippen molar-refractivity contribution in [2.24, 2.45) is 0 Å². The van der Waals surface area contributed by atoms with Crippen LogP contribution in [0.15, 0.2) is 0 Å². The first kappa shape index (κ1) is 13.0. The van der Waals surface area contributed by atoms with Crippen LogP contribution < -0.4 is 5.32 Å². The Morgan fingerprint density at radius 3 is 2.93 bits per heavy atom. The van der Waals surface area contributed by atoms with Crippen LogP contribution in [-0.2, 0) is 4.79 Å². The largest absolute Gasteiger partial charge is 0.312 e. The van der Waals surface area contributed by atoms with Gasteiger partial charge in [-0.2, -0.15) is 11.8 Å². The van der Waals surface area contributed by atoms with Crippen molar-refractivity contribution in [3.8, 4) is 0 Å². The third-order valence-corrected chi connectivity index (χ3v) is 3.91. The number of carbonyl (C=O) groups is 1. The van der Waals surface area contributed by atoms with E-state index in [1.165, 1.54) is 25.0 Å². The van der Waals surface area contributed by atoms with Crippen molar-refractivity contribution in [3.63, 3.8) is 0 Å². The number of thioether (sulfide) groups is 1. The minimum absolute atomic E-state index is 0.447. The lowest BCUT2D eigenvalue weighted by Gasteiger charge is -2.22. The van der Waals surface area contributed by atoms with Crippen molar-refractivity contribution in [1.29, 1.82) is 0 Å². The van der Waals surface area contributed by atoms with Crippen molar-refractivity contribution in [1.82, 2.24) is 5.32 Å². The van der Waals surface area contributed by atoms with Gasteiger partial charge in [0.15, 0.2) is 0 Å². The Kier molecular flexibility index (Phi) is 7.11. The lowest BCUT2D eigenvalue weighted by molar-refractivity contribution is -0.119. The van der Waals surface area contributed by atoms with Gasteiger partial charge in [-0.05, 0) is 6.42 Å². The van der Waals surface area contributed by atoms with Gasteiger partial charge in [0.05, 0.1) is 0 Å². The average Bonchev–Trinajstić information content (AvgIpc) is 2.26. The Hall–Kier alpha value is -0.0200. The standard InChI is InChI=1S/C12H23NOS/c1-2-3-4-5-6-12(14)9-11-10-15-8-7-13-11/h11,13H,2-10H2,1H3. The normalized spacial score (nSPS) is 21.5. The summed E-state index contributed by atoms with van der Waals surface area (Å²) in [4.78, 5) is 11.6. The molecule has 0 radical (unpaired) electrons. The predicted octanol–water partition coefficient (Wildman–Crippen LogP) is 2.62. The van der Waals surface area contributed by atoms with Crippen LogP contribution in [0, 0.1) is 0 Å². The fourth-order valence-corrected chi connectivity index (χ4v) is 2.83. The minimum Gasteiger partial charge on any atom is -0.312 e. The summed E-state index contributed by atoms with van der Waals surface area (Å²) in [6.07, 6.45) is 6.36. The summed E-state index contributed by atoms with van der Waals surface area (Å²) in [5.41, 5.74) is 0. The Bertz CT molecular complexity index is 178. The first-order chi connectivity index (χ1) is 7.33. The molecular weight excluding hydrogens is 206 g/mol. The van der Waals surface area contributed by atoms with Gasteiger partial charge in [-0.25, -0.2) is 0 Å². The smallest absolute Gasteiger partial charge is 0.134 e. The number of hydrogen-bond acceptors (Lipinski definition) is 3. The van der Waals surface area contributed by atoms with E-state index in [1.807, 2.05) is 11.8 Å². The van der Waals surface area contributed by atoms with Crippen LogP contribution in [0.5, 0.6) is 0 Å². The van der Waals surface area contributed by atoms with Gasteiger partial charge >= 0.3 is 0 Å². The van der Waals surface area contributed by atoms with Crippen LogP contribution in [-0.4, -0.2) is 29.9 Å². The van der Waals surface area contributed by atoms with E-state index in [9.17, 15) is 4.79 Å². The molecule has 0 bridgehead atoms. The van der Waals surface area contributed by atoms with E-state index in [2.05, 4.69) is 12.2 Å². The van der Waals surface area contributed by atoms with Crippen molar-refractivity contribution >= 4 is 17.5 Å². The van der Waals surface area contributed by atoms with Crippen LogP contribution in [0.4, 0.5) is 0 Å². The zero-order valence-corrected chi connectivity index (χ0v) is 10.6. The topological polar surface area (TPSA) is 29.1 Å². The third-order valence-electron chi connectivity index (χ3n) is 2.78. The van der Waals surface area contributed by atoms with E-state index >= 15 is 0 Å². The summed E-state index contributed by atoms with van der Waals surface area (Å²) in [7, 11) is 0. The number of Topliss-reactive ketones (excluding diaryl/α,β-unsaturated/α-hetero) is 1. The molecule has 1 aliphatic rings. The maximum absolute atomic E-state index is 11.6. The number of unbranched alkanes of at least 4 members (excludes halogenated alkanes) is 3. The Morgan fingerprint density at radius 1 is 1.40 bits per heavy atom. The molecule has 1 atom stereocenters. The Balaban J connectivity index is 2.01. The van der Waals surface area contributed by atoms with Gasteiger partial charge in [0.25, 0.3) is 0 Å². The van der Waals surface area contributed by atoms with Gasteiger partial charge in [-0.1, -0.05) is 26.2 Å². The molecule has 0 aromatic heterocycles. The molecule has 15 heavy (non-hydrogen) atoms. The first-order valence-electron chi connectivity index (χ1n) is 6.15. The lowest BCUT2D eigenvalue weighted by Crippen LogP contribution is -2.38. The van der Waals surface area contributed by atoms with E-state index in [-0.39, 0.29) is 0 Å². The van der Waals surface area contributed by atoms with Gasteiger partial charge < -0.3 is 5.32 Å². The maximum atomic E-state index is 11.6. The highest BCUT2D eigenvalue weighted by Crippen LogP contribution is 2.12. The number of rotatable bonds is 7. The molecule has 1 rings (SSSR count). The third kappa shape index (κ3) is 6.21. The average molecular weight is 229 g/mol. The summed E-state index contributed by atoms with van der Waals surface area (Å²) < 4.78 is 0. The zero-order valence-electron chi connectivity index (χ0n) is 9.76. The lowest BCUT2D eigenvalue weighted by atomic mass is 10.1. The number of ketones is 1. The van der Waals surface area contributed by atoms with Crippen molar-refractivity contribution < 1.29 is 4.79 Å². The van der Waals surface area contributed by atoms with Gasteiger partial charge in [-0.15, -0.1) is 0 Å². The van der Waals surface area contributed by atoms with Gasteiger partial charge in [-0.3, -0.25) is 4.79 Å². The molecule has 1 aliphatic heterocycles. The summed E-state index contributed by atoms with van der Waals surface area (Å²) in [6, 6.07) is 0.447. The molecule has 88 valence electrons. The summed E-state index contributed by atoms with van der Waals surface area (Å²) in [5.74, 6) is 2.76. The molecule has 0 aromatic carbocycles. The first-order valence-corrected chi connectivity index (χ1v) is 7.31. The fourth-order valence-electron chi connectivity index (χ4n) is 1.88. The number of nitrogens with one attached hydrogen (secondary N) is 1. The van der Waals surface area contributed by atoms with E-state index in [0.717, 1.165) is 31.6 Å². The number of carbonyl (C=O) groups excluding carboxylic acids is 1. The molecule has 1 heterocycles. The van der Waals surface area contributed by atoms with E-state index in [1.54, 1.807) is 0 Å². The molecule has 1 saturated heterocycles. The van der Waals surface area contributed by atoms with Crippen LogP contribution in [0.3, 0.4) is 0 Å². The molecule has 0 spiro atoms. The monoisotopic (exact) mass is 229 g/mol. The molecule has 2 nitrogen and oxygen atoms in total. The second-order valence-corrected chi connectivity index (χ2v) is 5.43. The van der Waals surface area contributed by atoms with Crippen LogP contribution in [0.1, 0.15) is 45.4 Å². The Labute approximate surface area is 97.6 Å². The highest BCUT2D eigenvalue weighted by Gasteiger charge is 2.15. The number of hydrogen-bond donors (Lipinski definition) is 1. The SMILES string of the molecule is CCCCCCC(=O)CC1CSCCN1. The molecule has 1 fully saturated rings. The minimum atomic E-state index is 0.447. The summed E-state index contributed by atoms with van der Waals surface area (Å²) >= 11 is 1.96. The maximum Gasteiger partial charge on any atom is 0.134 e. The molecule has 0 aliphatic carbocycles. The van der Waals surface area contributed by atoms with Crippen molar-refractivity contribution in [2.45, 2.75) is 51.5 Å². The van der Waals surface area contributed by atoms with Gasteiger partial charge in [0.1, 0.15) is 5.78 Å². The molecular formula is C12H23NOS. The van der Waals surface area contributed by atoms with Crippen molar-refractivity contribution in [2.75, 3.05) is 18.1 Å². The highest BCUT2D eigenvalue weighted by molar-refractivity contribution is 7.99. The molecule has 1 unspecified atom stereocenters. The quantitative estimate of drug-likeness (QED) is 0.680. The van der Waals surface area contributed by atoms with Crippen molar-refractivity contribution in [3.05, 3.63) is 0 Å².